The summed E-state index contributed by atoms with van der Waals surface area (Å²) < 4.78 is 67.0. The molecule has 4 aromatic carbocycles. The molecule has 0 aliphatic rings. The van der Waals surface area contributed by atoms with Crippen LogP contribution in [0.4, 0.5) is 17.6 Å². The summed E-state index contributed by atoms with van der Waals surface area (Å²) in [6, 6.07) is 11.6. The molecule has 0 aliphatic heterocycles. The lowest BCUT2D eigenvalue weighted by molar-refractivity contribution is -0.140. The highest BCUT2D eigenvalue weighted by atomic mass is 32.1. The Morgan fingerprint density at radius 3 is 1.19 bits per heavy atom. The van der Waals surface area contributed by atoms with Crippen molar-refractivity contribution in [2.45, 2.75) is 83.3 Å². The first-order valence-electron chi connectivity index (χ1n) is 23.7. The van der Waals surface area contributed by atoms with Gasteiger partial charge in [0.15, 0.2) is 0 Å². The molecule has 0 fully saturated rings. The summed E-state index contributed by atoms with van der Waals surface area (Å²) in [6.45, 7) is 5.47. The van der Waals surface area contributed by atoms with E-state index in [1.807, 2.05) is 0 Å². The van der Waals surface area contributed by atoms with Gasteiger partial charge in [0.25, 0.3) is 22.9 Å². The topological polar surface area (TPSA) is 241 Å². The molecule has 6 rings (SSSR count). The molecule has 18 nitrogen and oxygen atoms in total. The maximum absolute atomic E-state index is 15.8. The molecule has 6 aromatic rings. The van der Waals surface area contributed by atoms with Gasteiger partial charge in [0.2, 0.25) is 5.91 Å². The van der Waals surface area contributed by atoms with Crippen LogP contribution in [0.25, 0.3) is 22.3 Å². The second-order valence-electron chi connectivity index (χ2n) is 19.3. The Bertz CT molecular complexity index is 3340. The minimum Gasteiger partial charge on any atom is -0.480 e. The zero-order chi connectivity index (χ0) is 57.1. The largest absolute Gasteiger partial charge is 0.480 e. The maximum Gasteiger partial charge on any atom is 0.330 e. The normalized spacial score (nSPS) is 12.2. The van der Waals surface area contributed by atoms with Gasteiger partial charge in [-0.1, -0.05) is 62.4 Å². The Morgan fingerprint density at radius 1 is 0.571 bits per heavy atom. The van der Waals surface area contributed by atoms with Gasteiger partial charge < -0.3 is 34.9 Å². The molecule has 0 saturated heterocycles. The second kappa shape index (κ2) is 23.3. The van der Waals surface area contributed by atoms with Crippen LogP contribution in [0.1, 0.15) is 81.0 Å². The first-order chi connectivity index (χ1) is 36.0. The number of aromatic nitrogens is 4. The van der Waals surface area contributed by atoms with E-state index in [1.165, 1.54) is 85.9 Å². The van der Waals surface area contributed by atoms with Crippen molar-refractivity contribution in [3.8, 4) is 22.3 Å². The number of nitrogens with one attached hydrogen (secondary N) is 2. The summed E-state index contributed by atoms with van der Waals surface area (Å²) in [5.74, 6) is -12.3. The minimum atomic E-state index is -1.70. The molecule has 4 N–H and O–H groups in total. The molecular weight excluding hydrogens is 1030 g/mol. The number of aliphatic carboxylic acids is 2. The van der Waals surface area contributed by atoms with E-state index in [-0.39, 0.29) is 47.9 Å². The highest BCUT2D eigenvalue weighted by Gasteiger charge is 2.30. The monoisotopic (exact) mass is 1090 g/mol. The van der Waals surface area contributed by atoms with Crippen LogP contribution in [0.5, 0.6) is 0 Å². The molecule has 2 aromatic heterocycles. The van der Waals surface area contributed by atoms with E-state index in [0.29, 0.717) is 33.6 Å². The van der Waals surface area contributed by atoms with Crippen LogP contribution in [-0.4, -0.2) is 79.9 Å². The standard InChI is InChI=1S/C54H55F4N7O11S/c1-27-42(48(69)63(7)52(75)61(27)5)33-13-9-29(10-14-33)23-39(50(71)72)59-46(67)44-35(55)19-31(20-36(44)56)25-65(41(66)17-18-54(3,4)77)26-32-21-37(57)45(38(58)22-32)47(68)60-40(51(73)74)24-30-11-15-34(16-12-30)43-28(2)62(6)53(76)64(8)49(43)70/h9-16,19-22,39-40,77H,17-18,23-26H2,1-8H3,(H,59,67)(H,60,68)(H,71,72)(H,73,74)/t39-,40-/m0/s1. The van der Waals surface area contributed by atoms with Gasteiger partial charge >= 0.3 is 23.3 Å². The van der Waals surface area contributed by atoms with Crippen LogP contribution >= 0.6 is 12.6 Å². The highest BCUT2D eigenvalue weighted by molar-refractivity contribution is 7.81. The summed E-state index contributed by atoms with van der Waals surface area (Å²) in [5.41, 5.74) is -2.11. The Morgan fingerprint density at radius 2 is 0.896 bits per heavy atom. The lowest BCUT2D eigenvalue weighted by Crippen LogP contribution is -2.43. The Kier molecular flexibility index (Phi) is 17.5. The third-order valence-electron chi connectivity index (χ3n) is 13.2. The number of hydrogen-bond acceptors (Lipinski definition) is 10. The SMILES string of the molecule is Cc1c(-c2ccc(C[C@H](NC(=O)c3c(F)cc(CN(Cc4cc(F)c(C(=O)N[C@@H](Cc5ccc(-c6c(C)n(C)c(=O)n(C)c6=O)cc5)C(=O)O)c(F)c4)C(=O)CCC(C)(C)S)cc3F)C(=O)O)cc2)c(=O)n(C)c(=O)n1C. The average molecular weight is 1090 g/mol. The van der Waals surface area contributed by atoms with Crippen molar-refractivity contribution in [2.75, 3.05) is 0 Å². The third kappa shape index (κ3) is 13.0. The predicted molar refractivity (Wildman–Crippen MR) is 279 cm³/mol. The predicted octanol–water partition coefficient (Wildman–Crippen LogP) is 4.86. The highest BCUT2D eigenvalue weighted by Crippen LogP contribution is 2.26. The molecule has 0 unspecified atom stereocenters. The number of carboxylic acids is 2. The fourth-order valence-electron chi connectivity index (χ4n) is 8.61. The molecule has 0 saturated carbocycles. The minimum absolute atomic E-state index is 0.183. The van der Waals surface area contributed by atoms with Gasteiger partial charge in [-0.2, -0.15) is 12.6 Å². The fraction of sp³-hybridized carbons (Fsp3) is 0.315. The van der Waals surface area contributed by atoms with Gasteiger partial charge in [0.1, 0.15) is 46.5 Å². The number of carboxylic acid groups (broad SMARTS) is 2. The van der Waals surface area contributed by atoms with E-state index in [4.69, 9.17) is 0 Å². The second-order valence-corrected chi connectivity index (χ2v) is 20.5. The number of nitrogens with zero attached hydrogens (tertiary/aromatic N) is 5. The van der Waals surface area contributed by atoms with E-state index < -0.39 is 116 Å². The number of thiol groups is 1. The molecule has 406 valence electrons. The summed E-state index contributed by atoms with van der Waals surface area (Å²) in [4.78, 5) is 117. The molecule has 0 bridgehead atoms. The van der Waals surface area contributed by atoms with Gasteiger partial charge in [0.05, 0.1) is 11.1 Å². The third-order valence-corrected chi connectivity index (χ3v) is 13.4. The van der Waals surface area contributed by atoms with Gasteiger partial charge in [-0.15, -0.1) is 0 Å². The van der Waals surface area contributed by atoms with E-state index in [9.17, 15) is 53.4 Å². The van der Waals surface area contributed by atoms with Crippen LogP contribution in [-0.2, 0) is 68.5 Å². The smallest absolute Gasteiger partial charge is 0.330 e. The average Bonchev–Trinajstić information content (AvgIpc) is 3.35. The molecule has 23 heteroatoms. The molecule has 0 radical (unpaired) electrons. The van der Waals surface area contributed by atoms with E-state index in [2.05, 4.69) is 23.3 Å². The van der Waals surface area contributed by atoms with Crippen LogP contribution in [0.2, 0.25) is 0 Å². The molecule has 0 aliphatic carbocycles. The summed E-state index contributed by atoms with van der Waals surface area (Å²) >= 11 is 4.45. The van der Waals surface area contributed by atoms with Gasteiger partial charge in [-0.3, -0.25) is 33.1 Å². The van der Waals surface area contributed by atoms with Gasteiger partial charge in [0, 0.05) is 76.7 Å². The van der Waals surface area contributed by atoms with Gasteiger partial charge in [-0.05, 0) is 77.9 Å². The van der Waals surface area contributed by atoms with E-state index in [1.54, 1.807) is 27.7 Å². The lowest BCUT2D eigenvalue weighted by atomic mass is 10.00. The summed E-state index contributed by atoms with van der Waals surface area (Å²) in [6.07, 6.45) is -0.720. The van der Waals surface area contributed by atoms with Crippen molar-refractivity contribution in [2.24, 2.45) is 28.2 Å². The molecule has 77 heavy (non-hydrogen) atoms. The number of amides is 3. The summed E-state index contributed by atoms with van der Waals surface area (Å²) in [5, 5.41) is 24.2. The number of rotatable bonds is 19. The fourth-order valence-corrected chi connectivity index (χ4v) is 8.73. The Labute approximate surface area is 442 Å². The Balaban J connectivity index is 1.17. The molecule has 2 heterocycles. The van der Waals surface area contributed by atoms with Crippen molar-refractivity contribution < 1.29 is 51.7 Å². The van der Waals surface area contributed by atoms with Gasteiger partial charge in [-0.25, -0.2) is 36.7 Å². The number of hydrogen-bond donors (Lipinski definition) is 5. The van der Waals surface area contributed by atoms with Crippen molar-refractivity contribution in [3.05, 3.63) is 183 Å². The first kappa shape index (κ1) is 57.9. The molecule has 2 atom stereocenters. The zero-order valence-corrected chi connectivity index (χ0v) is 44.0. The van der Waals surface area contributed by atoms with Crippen molar-refractivity contribution in [3.63, 3.8) is 0 Å². The molecule has 0 spiro atoms. The Hall–Kier alpha value is -8.34. The van der Waals surface area contributed by atoms with E-state index >= 15 is 17.6 Å². The van der Waals surface area contributed by atoms with Crippen molar-refractivity contribution in [1.29, 1.82) is 0 Å². The summed E-state index contributed by atoms with van der Waals surface area (Å²) in [7, 11) is 5.65. The lowest BCUT2D eigenvalue weighted by Gasteiger charge is -2.26. The molecule has 3 amide bonds. The number of halogens is 4. The van der Waals surface area contributed by atoms with Crippen molar-refractivity contribution >= 4 is 42.3 Å². The maximum atomic E-state index is 15.8. The number of carbonyl (C=O) groups excluding carboxylic acids is 3. The quantitative estimate of drug-likeness (QED) is 0.0542. The first-order valence-corrected chi connectivity index (χ1v) is 24.2. The van der Waals surface area contributed by atoms with Crippen LogP contribution in [0.15, 0.2) is 92.0 Å². The van der Waals surface area contributed by atoms with Crippen LogP contribution in [0, 0.1) is 37.1 Å². The number of carbonyl (C=O) groups is 5. The van der Waals surface area contributed by atoms with Crippen LogP contribution < -0.4 is 33.1 Å². The van der Waals surface area contributed by atoms with E-state index in [0.717, 1.165) is 38.3 Å². The van der Waals surface area contributed by atoms with Crippen LogP contribution in [0.3, 0.4) is 0 Å². The molecular formula is C54H55F4N7O11S. The van der Waals surface area contributed by atoms with Crippen molar-refractivity contribution in [1.82, 2.24) is 33.8 Å². The zero-order valence-electron chi connectivity index (χ0n) is 43.1. The number of benzene rings is 4.